The average molecular weight is 303 g/mol. The fourth-order valence-corrected chi connectivity index (χ4v) is 3.17. The molecule has 0 aliphatic carbocycles. The third-order valence-electron chi connectivity index (χ3n) is 4.63. The number of rotatable bonds is 2. The second kappa shape index (κ2) is 6.60. The number of piperidine rings is 1. The van der Waals surface area contributed by atoms with E-state index >= 15 is 0 Å². The molecule has 22 heavy (non-hydrogen) atoms. The molecule has 0 radical (unpaired) electrons. The molecule has 1 aromatic heterocycles. The van der Waals surface area contributed by atoms with E-state index in [-0.39, 0.29) is 5.91 Å². The van der Waals surface area contributed by atoms with Crippen molar-refractivity contribution in [1.29, 1.82) is 0 Å². The minimum atomic E-state index is 0.0176. The van der Waals surface area contributed by atoms with Crippen molar-refractivity contribution in [2.45, 2.75) is 19.8 Å². The van der Waals surface area contributed by atoms with Crippen LogP contribution >= 0.6 is 0 Å². The zero-order valence-electron chi connectivity index (χ0n) is 13.5. The fourth-order valence-electron chi connectivity index (χ4n) is 3.17. The highest BCUT2D eigenvalue weighted by Gasteiger charge is 2.23. The summed E-state index contributed by atoms with van der Waals surface area (Å²) >= 11 is 0. The Bertz CT molecular complexity index is 510. The third-order valence-corrected chi connectivity index (χ3v) is 4.63. The summed E-state index contributed by atoms with van der Waals surface area (Å²) in [7, 11) is 2.13. The van der Waals surface area contributed by atoms with Crippen LogP contribution in [0.3, 0.4) is 0 Å². The van der Waals surface area contributed by atoms with Crippen molar-refractivity contribution in [1.82, 2.24) is 19.8 Å². The van der Waals surface area contributed by atoms with E-state index in [0.29, 0.717) is 11.6 Å². The van der Waals surface area contributed by atoms with Crippen LogP contribution < -0.4 is 4.90 Å². The van der Waals surface area contributed by atoms with Gasteiger partial charge in [-0.25, -0.2) is 9.97 Å². The zero-order valence-corrected chi connectivity index (χ0v) is 13.5. The lowest BCUT2D eigenvalue weighted by atomic mass is 10.0. The SMILES string of the molecule is CC1CCCN(C(=O)c2cnc(N3CCN(C)CC3)cn2)C1. The quantitative estimate of drug-likeness (QED) is 0.819. The zero-order chi connectivity index (χ0) is 15.5. The summed E-state index contributed by atoms with van der Waals surface area (Å²) in [6, 6.07) is 0. The molecular formula is C16H25N5O. The second-order valence-electron chi connectivity index (χ2n) is 6.55. The molecule has 0 spiro atoms. The van der Waals surface area contributed by atoms with E-state index in [4.69, 9.17) is 0 Å². The number of anilines is 1. The van der Waals surface area contributed by atoms with Gasteiger partial charge in [-0.1, -0.05) is 6.92 Å². The average Bonchev–Trinajstić information content (AvgIpc) is 2.55. The van der Waals surface area contributed by atoms with Crippen LogP contribution in [-0.4, -0.2) is 72.0 Å². The molecular weight excluding hydrogens is 278 g/mol. The Morgan fingerprint density at radius 3 is 2.55 bits per heavy atom. The van der Waals surface area contributed by atoms with Crippen LogP contribution in [0.1, 0.15) is 30.3 Å². The number of hydrogen-bond donors (Lipinski definition) is 0. The highest BCUT2D eigenvalue weighted by molar-refractivity contribution is 5.92. The summed E-state index contributed by atoms with van der Waals surface area (Å²) in [5.41, 5.74) is 0.465. The predicted molar refractivity (Wildman–Crippen MR) is 86.0 cm³/mol. The molecule has 1 unspecified atom stereocenters. The second-order valence-corrected chi connectivity index (χ2v) is 6.55. The molecule has 3 rings (SSSR count). The van der Waals surface area contributed by atoms with Crippen molar-refractivity contribution in [2.24, 2.45) is 5.92 Å². The van der Waals surface area contributed by atoms with Crippen molar-refractivity contribution in [3.63, 3.8) is 0 Å². The Morgan fingerprint density at radius 1 is 1.14 bits per heavy atom. The van der Waals surface area contributed by atoms with Gasteiger partial charge in [-0.2, -0.15) is 0 Å². The first-order valence-electron chi connectivity index (χ1n) is 8.18. The highest BCUT2D eigenvalue weighted by atomic mass is 16.2. The Morgan fingerprint density at radius 2 is 1.91 bits per heavy atom. The molecule has 6 heteroatoms. The molecule has 0 saturated carbocycles. The van der Waals surface area contributed by atoms with Gasteiger partial charge in [0.05, 0.1) is 12.4 Å². The number of piperazine rings is 1. The molecule has 0 bridgehead atoms. The van der Waals surface area contributed by atoms with Gasteiger partial charge in [-0.3, -0.25) is 4.79 Å². The minimum Gasteiger partial charge on any atom is -0.353 e. The first-order chi connectivity index (χ1) is 10.6. The molecule has 2 saturated heterocycles. The van der Waals surface area contributed by atoms with Crippen molar-refractivity contribution in [3.05, 3.63) is 18.1 Å². The number of likely N-dealkylation sites (N-methyl/N-ethyl adjacent to an activating group) is 1. The monoisotopic (exact) mass is 303 g/mol. The summed E-state index contributed by atoms with van der Waals surface area (Å²) in [6.07, 6.45) is 5.67. The number of carbonyl (C=O) groups excluding carboxylic acids is 1. The van der Waals surface area contributed by atoms with Crippen LogP contribution in [0, 0.1) is 5.92 Å². The molecule has 1 atom stereocenters. The molecule has 0 aromatic carbocycles. The lowest BCUT2D eigenvalue weighted by Gasteiger charge is -2.33. The smallest absolute Gasteiger partial charge is 0.274 e. The molecule has 2 fully saturated rings. The van der Waals surface area contributed by atoms with E-state index in [1.807, 2.05) is 4.90 Å². The Hall–Kier alpha value is -1.69. The molecule has 1 amide bonds. The van der Waals surface area contributed by atoms with Crippen molar-refractivity contribution in [3.8, 4) is 0 Å². The first kappa shape index (κ1) is 15.2. The Labute approximate surface area is 132 Å². The molecule has 1 aromatic rings. The topological polar surface area (TPSA) is 52.6 Å². The summed E-state index contributed by atoms with van der Waals surface area (Å²) in [5.74, 6) is 1.47. The van der Waals surface area contributed by atoms with Gasteiger partial charge in [0.2, 0.25) is 0 Å². The summed E-state index contributed by atoms with van der Waals surface area (Å²) in [4.78, 5) is 27.7. The van der Waals surface area contributed by atoms with Crippen LogP contribution in [-0.2, 0) is 0 Å². The van der Waals surface area contributed by atoms with Gasteiger partial charge >= 0.3 is 0 Å². The van der Waals surface area contributed by atoms with E-state index < -0.39 is 0 Å². The van der Waals surface area contributed by atoms with Crippen molar-refractivity contribution < 1.29 is 4.79 Å². The van der Waals surface area contributed by atoms with Gasteiger partial charge in [0.15, 0.2) is 0 Å². The van der Waals surface area contributed by atoms with E-state index in [2.05, 4.69) is 33.7 Å². The number of aromatic nitrogens is 2. The maximum Gasteiger partial charge on any atom is 0.274 e. The number of nitrogens with zero attached hydrogens (tertiary/aromatic N) is 5. The van der Waals surface area contributed by atoms with Gasteiger partial charge in [-0.15, -0.1) is 0 Å². The van der Waals surface area contributed by atoms with Crippen LogP contribution in [0.25, 0.3) is 0 Å². The van der Waals surface area contributed by atoms with Crippen LogP contribution in [0.4, 0.5) is 5.82 Å². The minimum absolute atomic E-state index is 0.0176. The highest BCUT2D eigenvalue weighted by Crippen LogP contribution is 2.18. The Kier molecular flexibility index (Phi) is 4.57. The molecule has 120 valence electrons. The van der Waals surface area contributed by atoms with E-state index in [0.717, 1.165) is 51.5 Å². The standard InChI is InChI=1S/C16H25N5O/c1-13-4-3-5-21(12-13)16(22)14-10-18-15(11-17-14)20-8-6-19(2)7-9-20/h10-11,13H,3-9,12H2,1-2H3. The van der Waals surface area contributed by atoms with Gasteiger partial charge < -0.3 is 14.7 Å². The fraction of sp³-hybridized carbons (Fsp3) is 0.688. The van der Waals surface area contributed by atoms with E-state index in [9.17, 15) is 4.79 Å². The summed E-state index contributed by atoms with van der Waals surface area (Å²) in [6.45, 7) is 7.86. The molecule has 6 nitrogen and oxygen atoms in total. The van der Waals surface area contributed by atoms with E-state index in [1.54, 1.807) is 12.4 Å². The van der Waals surface area contributed by atoms with Crippen LogP contribution in [0.2, 0.25) is 0 Å². The summed E-state index contributed by atoms with van der Waals surface area (Å²) in [5, 5.41) is 0. The van der Waals surface area contributed by atoms with Crippen molar-refractivity contribution in [2.75, 3.05) is 51.2 Å². The van der Waals surface area contributed by atoms with Gasteiger partial charge in [0.1, 0.15) is 11.5 Å². The maximum absolute atomic E-state index is 12.5. The predicted octanol–water partition coefficient (Wildman–Crippen LogP) is 1.10. The molecule has 2 aliphatic rings. The van der Waals surface area contributed by atoms with Crippen LogP contribution in [0.15, 0.2) is 12.4 Å². The number of hydrogen-bond acceptors (Lipinski definition) is 5. The van der Waals surface area contributed by atoms with Crippen LogP contribution in [0.5, 0.6) is 0 Å². The lowest BCUT2D eigenvalue weighted by molar-refractivity contribution is 0.0676. The summed E-state index contributed by atoms with van der Waals surface area (Å²) < 4.78 is 0. The number of carbonyl (C=O) groups is 1. The molecule has 3 heterocycles. The Balaban J connectivity index is 1.64. The first-order valence-corrected chi connectivity index (χ1v) is 8.18. The normalized spacial score (nSPS) is 23.6. The number of amides is 1. The molecule has 0 N–H and O–H groups in total. The van der Waals surface area contributed by atoms with E-state index in [1.165, 1.54) is 6.42 Å². The number of likely N-dealkylation sites (tertiary alicyclic amines) is 1. The largest absolute Gasteiger partial charge is 0.353 e. The lowest BCUT2D eigenvalue weighted by Crippen LogP contribution is -2.45. The van der Waals surface area contributed by atoms with Crippen molar-refractivity contribution >= 4 is 11.7 Å². The third kappa shape index (κ3) is 3.38. The molecule has 2 aliphatic heterocycles. The maximum atomic E-state index is 12.5. The van der Waals surface area contributed by atoms with Gasteiger partial charge in [0.25, 0.3) is 5.91 Å². The van der Waals surface area contributed by atoms with Gasteiger partial charge in [-0.05, 0) is 25.8 Å². The van der Waals surface area contributed by atoms with Gasteiger partial charge in [0, 0.05) is 39.3 Å².